The van der Waals surface area contributed by atoms with Crippen LogP contribution in [0, 0.1) is 5.92 Å². The van der Waals surface area contributed by atoms with Crippen LogP contribution in [0.2, 0.25) is 0 Å². The zero-order valence-electron chi connectivity index (χ0n) is 5.84. The summed E-state index contributed by atoms with van der Waals surface area (Å²) in [5, 5.41) is 0. The molecule has 2 rings (SSSR count). The molecule has 0 aromatic carbocycles. The number of hydrogen-bond donors (Lipinski definition) is 2. The van der Waals surface area contributed by atoms with Gasteiger partial charge in [0.2, 0.25) is 0 Å². The van der Waals surface area contributed by atoms with Gasteiger partial charge in [-0.3, -0.25) is 4.79 Å². The van der Waals surface area contributed by atoms with E-state index in [4.69, 9.17) is 11.5 Å². The van der Waals surface area contributed by atoms with E-state index in [1.54, 1.807) is 0 Å². The molecular formula is C7H12N2O. The number of hydrogen-bond acceptors (Lipinski definition) is 3. The van der Waals surface area contributed by atoms with Crippen molar-refractivity contribution in [2.45, 2.75) is 30.8 Å². The summed E-state index contributed by atoms with van der Waals surface area (Å²) in [6, 6.07) is -0.251. The first kappa shape index (κ1) is 6.31. The van der Waals surface area contributed by atoms with Gasteiger partial charge in [0.1, 0.15) is 0 Å². The molecule has 2 fully saturated rings. The molecule has 2 bridgehead atoms. The van der Waals surface area contributed by atoms with Crippen LogP contribution in [-0.2, 0) is 4.79 Å². The smallest absolute Gasteiger partial charge is 0.169 e. The molecule has 10 heavy (non-hydrogen) atoms. The summed E-state index contributed by atoms with van der Waals surface area (Å²) >= 11 is 0. The lowest BCUT2D eigenvalue weighted by atomic mass is 9.90. The van der Waals surface area contributed by atoms with Crippen LogP contribution in [0.3, 0.4) is 0 Å². The molecule has 2 aliphatic carbocycles. The summed E-state index contributed by atoms with van der Waals surface area (Å²) in [7, 11) is 0. The summed E-state index contributed by atoms with van der Waals surface area (Å²) in [6.07, 6.45) is 2.72. The highest BCUT2D eigenvalue weighted by atomic mass is 16.1. The first-order valence-electron chi connectivity index (χ1n) is 3.72. The SMILES string of the molecule is NC1C(=O)C2(N)CCC1C2. The highest BCUT2D eigenvalue weighted by Crippen LogP contribution is 2.42. The molecule has 2 saturated carbocycles. The Labute approximate surface area is 59.8 Å². The van der Waals surface area contributed by atoms with Crippen molar-refractivity contribution in [3.8, 4) is 0 Å². The topological polar surface area (TPSA) is 69.1 Å². The fraction of sp³-hybridized carbons (Fsp3) is 0.857. The van der Waals surface area contributed by atoms with Gasteiger partial charge < -0.3 is 11.5 Å². The molecule has 0 aromatic heterocycles. The lowest BCUT2D eigenvalue weighted by Gasteiger charge is -2.21. The van der Waals surface area contributed by atoms with Crippen molar-refractivity contribution in [2.24, 2.45) is 17.4 Å². The quantitative estimate of drug-likeness (QED) is 0.472. The van der Waals surface area contributed by atoms with E-state index in [-0.39, 0.29) is 11.8 Å². The standard InChI is InChI=1S/C7H12N2O/c8-5-4-1-2-7(9,3-4)6(5)10/h4-5H,1-3,8-9H2. The molecule has 0 heterocycles. The Morgan fingerprint density at radius 3 is 2.60 bits per heavy atom. The molecule has 0 spiro atoms. The maximum Gasteiger partial charge on any atom is 0.169 e. The van der Waals surface area contributed by atoms with E-state index in [9.17, 15) is 4.79 Å². The molecule has 3 unspecified atom stereocenters. The van der Waals surface area contributed by atoms with Gasteiger partial charge in [-0.2, -0.15) is 0 Å². The Bertz CT molecular complexity index is 192. The molecule has 0 radical (unpaired) electrons. The Kier molecular flexibility index (Phi) is 1.01. The average Bonchev–Trinajstić information content (AvgIpc) is 2.35. The Morgan fingerprint density at radius 2 is 2.30 bits per heavy atom. The first-order valence-corrected chi connectivity index (χ1v) is 3.72. The van der Waals surface area contributed by atoms with Crippen LogP contribution >= 0.6 is 0 Å². The fourth-order valence-electron chi connectivity index (χ4n) is 2.19. The second-order valence-electron chi connectivity index (χ2n) is 3.55. The van der Waals surface area contributed by atoms with E-state index in [0.717, 1.165) is 19.3 Å². The van der Waals surface area contributed by atoms with Gasteiger partial charge in [-0.05, 0) is 25.2 Å². The average molecular weight is 140 g/mol. The number of carbonyl (C=O) groups excluding carboxylic acids is 1. The highest BCUT2D eigenvalue weighted by Gasteiger charge is 2.53. The van der Waals surface area contributed by atoms with Gasteiger partial charge >= 0.3 is 0 Å². The van der Waals surface area contributed by atoms with E-state index in [1.807, 2.05) is 0 Å². The van der Waals surface area contributed by atoms with Gasteiger partial charge in [-0.15, -0.1) is 0 Å². The number of ketones is 1. The highest BCUT2D eigenvalue weighted by molar-refractivity contribution is 5.96. The number of fused-ring (bicyclic) bond motifs is 2. The normalized spacial score (nSPS) is 52.4. The summed E-state index contributed by atoms with van der Waals surface area (Å²) in [5.41, 5.74) is 10.9. The minimum Gasteiger partial charge on any atom is -0.321 e. The van der Waals surface area contributed by atoms with E-state index in [1.165, 1.54) is 0 Å². The van der Waals surface area contributed by atoms with E-state index in [2.05, 4.69) is 0 Å². The number of carbonyl (C=O) groups is 1. The van der Waals surface area contributed by atoms with Crippen LogP contribution in [-0.4, -0.2) is 17.4 Å². The Morgan fingerprint density at radius 1 is 1.60 bits per heavy atom. The predicted molar refractivity (Wildman–Crippen MR) is 37.2 cm³/mol. The zero-order chi connectivity index (χ0) is 7.35. The fourth-order valence-corrected chi connectivity index (χ4v) is 2.19. The number of Topliss-reactive ketones (excluding diaryl/α,β-unsaturated/α-hetero) is 1. The van der Waals surface area contributed by atoms with Crippen LogP contribution in [0.4, 0.5) is 0 Å². The van der Waals surface area contributed by atoms with Gasteiger partial charge in [-0.25, -0.2) is 0 Å². The molecule has 4 N–H and O–H groups in total. The van der Waals surface area contributed by atoms with Crippen molar-refractivity contribution in [3.63, 3.8) is 0 Å². The summed E-state index contributed by atoms with van der Waals surface area (Å²) in [4.78, 5) is 11.2. The zero-order valence-corrected chi connectivity index (χ0v) is 5.84. The monoisotopic (exact) mass is 140 g/mol. The minimum atomic E-state index is -0.524. The first-order chi connectivity index (χ1) is 4.63. The van der Waals surface area contributed by atoms with Crippen molar-refractivity contribution in [3.05, 3.63) is 0 Å². The molecule has 0 aromatic rings. The molecule has 0 saturated heterocycles. The Balaban J connectivity index is 2.34. The molecule has 3 heteroatoms. The molecule has 56 valence electrons. The van der Waals surface area contributed by atoms with Crippen molar-refractivity contribution < 1.29 is 4.79 Å². The molecular weight excluding hydrogens is 128 g/mol. The maximum atomic E-state index is 11.2. The second-order valence-corrected chi connectivity index (χ2v) is 3.55. The van der Waals surface area contributed by atoms with Crippen molar-refractivity contribution in [1.82, 2.24) is 0 Å². The van der Waals surface area contributed by atoms with Crippen LogP contribution < -0.4 is 11.5 Å². The molecule has 0 amide bonds. The summed E-state index contributed by atoms with van der Waals surface area (Å²) in [6.45, 7) is 0. The maximum absolute atomic E-state index is 11.2. The molecule has 2 aliphatic rings. The third-order valence-electron chi connectivity index (χ3n) is 2.89. The summed E-state index contributed by atoms with van der Waals surface area (Å²) < 4.78 is 0. The number of rotatable bonds is 0. The molecule has 3 nitrogen and oxygen atoms in total. The Hall–Kier alpha value is -0.410. The van der Waals surface area contributed by atoms with Crippen LogP contribution in [0.15, 0.2) is 0 Å². The minimum absolute atomic E-state index is 0.0868. The summed E-state index contributed by atoms with van der Waals surface area (Å²) in [5.74, 6) is 0.473. The van der Waals surface area contributed by atoms with Gasteiger partial charge in [0.25, 0.3) is 0 Å². The van der Waals surface area contributed by atoms with Crippen molar-refractivity contribution in [2.75, 3.05) is 0 Å². The van der Waals surface area contributed by atoms with Crippen LogP contribution in [0.25, 0.3) is 0 Å². The third kappa shape index (κ3) is 0.545. The lowest BCUT2D eigenvalue weighted by molar-refractivity contribution is -0.124. The van der Waals surface area contributed by atoms with Gasteiger partial charge in [0.05, 0.1) is 11.6 Å². The van der Waals surface area contributed by atoms with Gasteiger partial charge in [0.15, 0.2) is 5.78 Å². The van der Waals surface area contributed by atoms with E-state index < -0.39 is 5.54 Å². The predicted octanol–water partition coefficient (Wildman–Crippen LogP) is -0.606. The van der Waals surface area contributed by atoms with Gasteiger partial charge in [0, 0.05) is 0 Å². The van der Waals surface area contributed by atoms with E-state index >= 15 is 0 Å². The largest absolute Gasteiger partial charge is 0.321 e. The third-order valence-corrected chi connectivity index (χ3v) is 2.89. The van der Waals surface area contributed by atoms with Crippen LogP contribution in [0.1, 0.15) is 19.3 Å². The van der Waals surface area contributed by atoms with Crippen LogP contribution in [0.5, 0.6) is 0 Å². The lowest BCUT2D eigenvalue weighted by Crippen LogP contribution is -2.49. The second kappa shape index (κ2) is 1.60. The van der Waals surface area contributed by atoms with Gasteiger partial charge in [-0.1, -0.05) is 0 Å². The number of nitrogens with two attached hydrogens (primary N) is 2. The van der Waals surface area contributed by atoms with Crippen molar-refractivity contribution >= 4 is 5.78 Å². The molecule has 0 aliphatic heterocycles. The van der Waals surface area contributed by atoms with Crippen molar-refractivity contribution in [1.29, 1.82) is 0 Å². The van der Waals surface area contributed by atoms with E-state index in [0.29, 0.717) is 5.92 Å². The molecule has 3 atom stereocenters.